The molecule has 33 heavy (non-hydrogen) atoms. The molecule has 0 aliphatic carbocycles. The maximum Gasteiger partial charge on any atom is 0.227 e. The third-order valence-electron chi connectivity index (χ3n) is 5.85. The van der Waals surface area contributed by atoms with Crippen LogP contribution in [-0.4, -0.2) is 34.1 Å². The highest BCUT2D eigenvalue weighted by Crippen LogP contribution is 2.38. The Bertz CT molecular complexity index is 1220. The summed E-state index contributed by atoms with van der Waals surface area (Å²) in [6.07, 6.45) is 1.63. The smallest absolute Gasteiger partial charge is 0.227 e. The lowest BCUT2D eigenvalue weighted by Crippen LogP contribution is -2.40. The Kier molecular flexibility index (Phi) is 6.21. The molecule has 4 aromatic rings. The Balaban J connectivity index is 1.28. The van der Waals surface area contributed by atoms with Gasteiger partial charge in [-0.3, -0.25) is 4.79 Å². The fraction of sp³-hybridized carbons (Fsp3) is 0.269. The Hall–Kier alpha value is -3.45. The van der Waals surface area contributed by atoms with Gasteiger partial charge in [-0.2, -0.15) is 4.98 Å². The SMILES string of the molecule is CCOc1ccc(-c2noc(CCC(=O)N3CCc4sccc4C3c3ccccc3)n2)cc1. The largest absolute Gasteiger partial charge is 0.494 e. The zero-order valence-electron chi connectivity index (χ0n) is 18.4. The van der Waals surface area contributed by atoms with Gasteiger partial charge in [-0.25, -0.2) is 0 Å². The van der Waals surface area contributed by atoms with Gasteiger partial charge >= 0.3 is 0 Å². The van der Waals surface area contributed by atoms with Crippen LogP contribution in [-0.2, 0) is 17.6 Å². The average molecular weight is 460 g/mol. The minimum Gasteiger partial charge on any atom is -0.494 e. The molecular formula is C26H25N3O3S. The van der Waals surface area contributed by atoms with Gasteiger partial charge in [-0.15, -0.1) is 11.3 Å². The predicted molar refractivity (Wildman–Crippen MR) is 127 cm³/mol. The van der Waals surface area contributed by atoms with E-state index in [1.165, 1.54) is 10.4 Å². The second-order valence-electron chi connectivity index (χ2n) is 7.92. The molecule has 0 spiro atoms. The number of nitrogens with zero attached hydrogens (tertiary/aromatic N) is 3. The van der Waals surface area contributed by atoms with E-state index >= 15 is 0 Å². The van der Waals surface area contributed by atoms with E-state index in [2.05, 4.69) is 33.7 Å². The van der Waals surface area contributed by atoms with Gasteiger partial charge in [0.25, 0.3) is 0 Å². The summed E-state index contributed by atoms with van der Waals surface area (Å²) in [7, 11) is 0. The maximum absolute atomic E-state index is 13.3. The van der Waals surface area contributed by atoms with Crippen LogP contribution in [0.15, 0.2) is 70.6 Å². The monoisotopic (exact) mass is 459 g/mol. The summed E-state index contributed by atoms with van der Waals surface area (Å²) in [6.45, 7) is 3.29. The summed E-state index contributed by atoms with van der Waals surface area (Å²) in [5.41, 5.74) is 3.23. The molecule has 0 saturated heterocycles. The van der Waals surface area contributed by atoms with Crippen LogP contribution in [0.3, 0.4) is 0 Å². The number of carbonyl (C=O) groups excluding carboxylic acids is 1. The topological polar surface area (TPSA) is 68.5 Å². The molecule has 168 valence electrons. The molecule has 6 nitrogen and oxygen atoms in total. The van der Waals surface area contributed by atoms with Crippen LogP contribution in [0.1, 0.15) is 41.3 Å². The fourth-order valence-corrected chi connectivity index (χ4v) is 5.18. The van der Waals surface area contributed by atoms with Gasteiger partial charge in [0.05, 0.1) is 12.6 Å². The first kappa shape index (κ1) is 21.4. The lowest BCUT2D eigenvalue weighted by atomic mass is 9.93. The molecule has 0 N–H and O–H groups in total. The zero-order chi connectivity index (χ0) is 22.6. The highest BCUT2D eigenvalue weighted by molar-refractivity contribution is 7.10. The van der Waals surface area contributed by atoms with E-state index < -0.39 is 0 Å². The van der Waals surface area contributed by atoms with Crippen molar-refractivity contribution in [2.45, 2.75) is 32.2 Å². The first-order valence-electron chi connectivity index (χ1n) is 11.2. The molecular weight excluding hydrogens is 434 g/mol. The minimum absolute atomic E-state index is 0.0456. The second kappa shape index (κ2) is 9.58. The molecule has 7 heteroatoms. The van der Waals surface area contributed by atoms with Crippen LogP contribution in [0.25, 0.3) is 11.4 Å². The van der Waals surface area contributed by atoms with E-state index in [0.717, 1.165) is 23.3 Å². The predicted octanol–water partition coefficient (Wildman–Crippen LogP) is 5.30. The van der Waals surface area contributed by atoms with E-state index in [4.69, 9.17) is 9.26 Å². The first-order valence-corrected chi connectivity index (χ1v) is 12.1. The minimum atomic E-state index is -0.0456. The van der Waals surface area contributed by atoms with E-state index in [0.29, 0.717) is 37.7 Å². The van der Waals surface area contributed by atoms with Gasteiger partial charge in [0.2, 0.25) is 17.6 Å². The van der Waals surface area contributed by atoms with Gasteiger partial charge in [0, 0.05) is 29.8 Å². The molecule has 1 aliphatic rings. The van der Waals surface area contributed by atoms with E-state index in [1.807, 2.05) is 54.3 Å². The molecule has 2 aromatic heterocycles. The van der Waals surface area contributed by atoms with Crippen molar-refractivity contribution in [2.75, 3.05) is 13.2 Å². The maximum atomic E-state index is 13.3. The number of hydrogen-bond donors (Lipinski definition) is 0. The third kappa shape index (κ3) is 4.54. The van der Waals surface area contributed by atoms with Crippen LogP contribution in [0.4, 0.5) is 0 Å². The van der Waals surface area contributed by atoms with Crippen molar-refractivity contribution in [1.82, 2.24) is 15.0 Å². The third-order valence-corrected chi connectivity index (χ3v) is 6.84. The number of amides is 1. The van der Waals surface area contributed by atoms with Gasteiger partial charge in [-0.05, 0) is 60.2 Å². The molecule has 1 amide bonds. The lowest BCUT2D eigenvalue weighted by molar-refractivity contribution is -0.133. The highest BCUT2D eigenvalue weighted by Gasteiger charge is 2.32. The van der Waals surface area contributed by atoms with Crippen LogP contribution >= 0.6 is 11.3 Å². The molecule has 1 atom stereocenters. The van der Waals surface area contributed by atoms with Gasteiger partial charge in [-0.1, -0.05) is 35.5 Å². The summed E-state index contributed by atoms with van der Waals surface area (Å²) in [5, 5.41) is 6.21. The molecule has 0 bridgehead atoms. The Labute approximate surface area is 196 Å². The number of thiophene rings is 1. The van der Waals surface area contributed by atoms with Crippen molar-refractivity contribution in [3.63, 3.8) is 0 Å². The number of carbonyl (C=O) groups is 1. The average Bonchev–Trinajstić information content (AvgIpc) is 3.53. The van der Waals surface area contributed by atoms with Gasteiger partial charge < -0.3 is 14.2 Å². The Morgan fingerprint density at radius 1 is 1.15 bits per heavy atom. The second-order valence-corrected chi connectivity index (χ2v) is 8.92. The number of fused-ring (bicyclic) bond motifs is 1. The summed E-state index contributed by atoms with van der Waals surface area (Å²) in [4.78, 5) is 21.1. The summed E-state index contributed by atoms with van der Waals surface area (Å²) >= 11 is 1.77. The van der Waals surface area contributed by atoms with E-state index in [9.17, 15) is 4.79 Å². The standard InChI is InChI=1S/C26H25N3O3S/c1-2-31-20-10-8-19(9-11-20)26-27-23(32-28-26)12-13-24(30)29-16-14-22-21(15-17-33-22)25(29)18-6-4-3-5-7-18/h3-11,15,17,25H,2,12-14,16H2,1H3. The zero-order valence-corrected chi connectivity index (χ0v) is 19.3. The number of aromatic nitrogens is 2. The van der Waals surface area contributed by atoms with Crippen molar-refractivity contribution in [2.24, 2.45) is 0 Å². The summed E-state index contributed by atoms with van der Waals surface area (Å²) in [6, 6.07) is 19.9. The van der Waals surface area contributed by atoms with Crippen LogP contribution < -0.4 is 4.74 Å². The van der Waals surface area contributed by atoms with Crippen molar-refractivity contribution >= 4 is 17.2 Å². The molecule has 5 rings (SSSR count). The molecule has 0 fully saturated rings. The molecule has 2 aromatic carbocycles. The number of rotatable bonds is 7. The van der Waals surface area contributed by atoms with Crippen molar-refractivity contribution in [1.29, 1.82) is 0 Å². The first-order chi connectivity index (χ1) is 16.2. The Morgan fingerprint density at radius 3 is 2.76 bits per heavy atom. The molecule has 0 radical (unpaired) electrons. The van der Waals surface area contributed by atoms with Crippen molar-refractivity contribution in [3.05, 3.63) is 87.9 Å². The van der Waals surface area contributed by atoms with Gasteiger partial charge in [0.1, 0.15) is 5.75 Å². The van der Waals surface area contributed by atoms with Crippen LogP contribution in [0.2, 0.25) is 0 Å². The highest BCUT2D eigenvalue weighted by atomic mass is 32.1. The Morgan fingerprint density at radius 2 is 1.97 bits per heavy atom. The van der Waals surface area contributed by atoms with Crippen LogP contribution in [0.5, 0.6) is 5.75 Å². The molecule has 1 unspecified atom stereocenters. The fourth-order valence-electron chi connectivity index (χ4n) is 4.28. The van der Waals surface area contributed by atoms with Gasteiger partial charge in [0.15, 0.2) is 0 Å². The van der Waals surface area contributed by atoms with Crippen molar-refractivity contribution < 1.29 is 14.1 Å². The van der Waals surface area contributed by atoms with Crippen LogP contribution in [0, 0.1) is 0 Å². The number of benzene rings is 2. The summed E-state index contributed by atoms with van der Waals surface area (Å²) in [5.74, 6) is 1.89. The molecule has 3 heterocycles. The lowest BCUT2D eigenvalue weighted by Gasteiger charge is -2.36. The molecule has 1 aliphatic heterocycles. The summed E-state index contributed by atoms with van der Waals surface area (Å²) < 4.78 is 10.9. The quantitative estimate of drug-likeness (QED) is 0.375. The van der Waals surface area contributed by atoms with Crippen molar-refractivity contribution in [3.8, 4) is 17.1 Å². The van der Waals surface area contributed by atoms with E-state index in [-0.39, 0.29) is 11.9 Å². The molecule has 0 saturated carbocycles. The number of hydrogen-bond acceptors (Lipinski definition) is 6. The number of aryl methyl sites for hydroxylation is 1. The normalized spacial score (nSPS) is 15.3. The number of ether oxygens (including phenoxy) is 1. The van der Waals surface area contributed by atoms with E-state index in [1.54, 1.807) is 11.3 Å².